The number of carbonyl (C=O) groups is 1. The maximum atomic E-state index is 12.5. The molecule has 2 aromatic rings. The van der Waals surface area contributed by atoms with Gasteiger partial charge in [0.05, 0.1) is 4.90 Å². The standard InChI is InChI=1S/C21H26BrN3O3S/c1-17-5-2-3-6-18(17)16-24-11-13-25(14-12-24)21(26)9-10-23-29(27,28)20-8-4-7-19(22)15-20/h2-8,15,23H,9-14,16H2,1H3. The zero-order valence-corrected chi connectivity index (χ0v) is 18.9. The fourth-order valence-corrected chi connectivity index (χ4v) is 4.98. The molecule has 0 atom stereocenters. The molecule has 0 radical (unpaired) electrons. The van der Waals surface area contributed by atoms with Crippen molar-refractivity contribution in [1.29, 1.82) is 0 Å². The van der Waals surface area contributed by atoms with Gasteiger partial charge in [0.1, 0.15) is 0 Å². The van der Waals surface area contributed by atoms with E-state index >= 15 is 0 Å². The summed E-state index contributed by atoms with van der Waals surface area (Å²) >= 11 is 3.27. The Morgan fingerprint density at radius 1 is 1.07 bits per heavy atom. The second-order valence-corrected chi connectivity index (χ2v) is 9.87. The first-order chi connectivity index (χ1) is 13.8. The Morgan fingerprint density at radius 2 is 1.79 bits per heavy atom. The number of carbonyl (C=O) groups excluding carboxylic acids is 1. The number of amides is 1. The molecule has 1 aliphatic rings. The highest BCUT2D eigenvalue weighted by molar-refractivity contribution is 9.10. The monoisotopic (exact) mass is 479 g/mol. The van der Waals surface area contributed by atoms with Crippen LogP contribution in [0.15, 0.2) is 57.9 Å². The average molecular weight is 480 g/mol. The van der Waals surface area contributed by atoms with E-state index in [0.29, 0.717) is 17.6 Å². The SMILES string of the molecule is Cc1ccccc1CN1CCN(C(=O)CCNS(=O)(=O)c2cccc(Br)c2)CC1. The molecule has 0 aromatic heterocycles. The fraction of sp³-hybridized carbons (Fsp3) is 0.381. The first-order valence-corrected chi connectivity index (χ1v) is 11.9. The minimum Gasteiger partial charge on any atom is -0.340 e. The van der Waals surface area contributed by atoms with Gasteiger partial charge in [-0.1, -0.05) is 46.3 Å². The Labute approximate surface area is 181 Å². The maximum absolute atomic E-state index is 12.5. The van der Waals surface area contributed by atoms with E-state index in [9.17, 15) is 13.2 Å². The number of sulfonamides is 1. The summed E-state index contributed by atoms with van der Waals surface area (Å²) < 4.78 is 27.9. The summed E-state index contributed by atoms with van der Waals surface area (Å²) in [6.07, 6.45) is 0.158. The third-order valence-electron chi connectivity index (χ3n) is 5.12. The van der Waals surface area contributed by atoms with Gasteiger partial charge < -0.3 is 4.90 Å². The van der Waals surface area contributed by atoms with Crippen LogP contribution in [0.1, 0.15) is 17.5 Å². The fourth-order valence-electron chi connectivity index (χ4n) is 3.35. The van der Waals surface area contributed by atoms with Crippen molar-refractivity contribution in [3.63, 3.8) is 0 Å². The molecule has 8 heteroatoms. The quantitative estimate of drug-likeness (QED) is 0.662. The summed E-state index contributed by atoms with van der Waals surface area (Å²) in [6.45, 7) is 6.09. The van der Waals surface area contributed by atoms with Crippen LogP contribution in [0.25, 0.3) is 0 Å². The molecule has 1 N–H and O–H groups in total. The smallest absolute Gasteiger partial charge is 0.240 e. The molecule has 1 amide bonds. The number of halogens is 1. The van der Waals surface area contributed by atoms with Crippen molar-refractivity contribution >= 4 is 31.9 Å². The minimum atomic E-state index is -3.62. The lowest BCUT2D eigenvalue weighted by atomic mass is 10.1. The highest BCUT2D eigenvalue weighted by Gasteiger charge is 2.22. The number of hydrogen-bond acceptors (Lipinski definition) is 4. The highest BCUT2D eigenvalue weighted by Crippen LogP contribution is 2.16. The second-order valence-electron chi connectivity index (χ2n) is 7.19. The Balaban J connectivity index is 1.43. The number of aryl methyl sites for hydroxylation is 1. The molecule has 29 heavy (non-hydrogen) atoms. The average Bonchev–Trinajstić information content (AvgIpc) is 2.70. The van der Waals surface area contributed by atoms with Crippen molar-refractivity contribution in [2.45, 2.75) is 24.8 Å². The zero-order valence-electron chi connectivity index (χ0n) is 16.5. The molecule has 2 aromatic carbocycles. The molecule has 1 aliphatic heterocycles. The Morgan fingerprint density at radius 3 is 2.48 bits per heavy atom. The van der Waals surface area contributed by atoms with Crippen LogP contribution in [0.2, 0.25) is 0 Å². The van der Waals surface area contributed by atoms with Gasteiger partial charge in [0.15, 0.2) is 0 Å². The normalized spacial score (nSPS) is 15.4. The summed E-state index contributed by atoms with van der Waals surface area (Å²) in [5, 5.41) is 0. The first-order valence-electron chi connectivity index (χ1n) is 9.65. The van der Waals surface area contributed by atoms with Gasteiger partial charge in [0.25, 0.3) is 0 Å². The molecule has 1 saturated heterocycles. The van der Waals surface area contributed by atoms with E-state index in [4.69, 9.17) is 0 Å². The van der Waals surface area contributed by atoms with Gasteiger partial charge in [0, 0.05) is 50.2 Å². The molecule has 3 rings (SSSR count). The second kappa shape index (κ2) is 9.84. The van der Waals surface area contributed by atoms with Crippen molar-refractivity contribution in [2.75, 3.05) is 32.7 Å². The number of benzene rings is 2. The Kier molecular flexibility index (Phi) is 7.45. The van der Waals surface area contributed by atoms with Crippen LogP contribution < -0.4 is 4.72 Å². The van der Waals surface area contributed by atoms with E-state index in [1.165, 1.54) is 23.3 Å². The summed E-state index contributed by atoms with van der Waals surface area (Å²) in [5.41, 5.74) is 2.60. The molecule has 0 unspecified atom stereocenters. The van der Waals surface area contributed by atoms with Crippen LogP contribution in [0.4, 0.5) is 0 Å². The maximum Gasteiger partial charge on any atom is 0.240 e. The topological polar surface area (TPSA) is 69.7 Å². The van der Waals surface area contributed by atoms with E-state index in [2.05, 4.69) is 50.7 Å². The summed E-state index contributed by atoms with van der Waals surface area (Å²) in [7, 11) is -3.62. The van der Waals surface area contributed by atoms with Gasteiger partial charge in [-0.05, 0) is 36.2 Å². The van der Waals surface area contributed by atoms with Crippen molar-refractivity contribution < 1.29 is 13.2 Å². The third-order valence-corrected chi connectivity index (χ3v) is 7.07. The van der Waals surface area contributed by atoms with Gasteiger partial charge in [-0.2, -0.15) is 0 Å². The van der Waals surface area contributed by atoms with Gasteiger partial charge >= 0.3 is 0 Å². The molecular formula is C21H26BrN3O3S. The Hall–Kier alpha value is -1.74. The molecule has 6 nitrogen and oxygen atoms in total. The summed E-state index contributed by atoms with van der Waals surface area (Å²) in [5.74, 6) is -0.0162. The van der Waals surface area contributed by atoms with E-state index in [1.807, 2.05) is 11.0 Å². The summed E-state index contributed by atoms with van der Waals surface area (Å²) in [6, 6.07) is 14.9. The van der Waals surface area contributed by atoms with E-state index in [0.717, 1.165) is 19.6 Å². The predicted molar refractivity (Wildman–Crippen MR) is 117 cm³/mol. The van der Waals surface area contributed by atoms with E-state index in [1.54, 1.807) is 12.1 Å². The zero-order chi connectivity index (χ0) is 20.9. The van der Waals surface area contributed by atoms with Crippen LogP contribution in [-0.4, -0.2) is 56.8 Å². The van der Waals surface area contributed by atoms with Crippen molar-refractivity contribution in [3.8, 4) is 0 Å². The molecule has 0 aliphatic carbocycles. The molecule has 0 saturated carbocycles. The number of piperazine rings is 1. The van der Waals surface area contributed by atoms with Crippen LogP contribution >= 0.6 is 15.9 Å². The van der Waals surface area contributed by atoms with Crippen LogP contribution in [0, 0.1) is 6.92 Å². The van der Waals surface area contributed by atoms with Gasteiger partial charge in [-0.25, -0.2) is 13.1 Å². The summed E-state index contributed by atoms with van der Waals surface area (Å²) in [4.78, 5) is 16.8. The molecule has 156 valence electrons. The molecule has 1 fully saturated rings. The molecule has 0 spiro atoms. The van der Waals surface area contributed by atoms with E-state index in [-0.39, 0.29) is 23.8 Å². The lowest BCUT2D eigenvalue weighted by molar-refractivity contribution is -0.132. The number of nitrogens with one attached hydrogen (secondary N) is 1. The molecule has 0 bridgehead atoms. The highest BCUT2D eigenvalue weighted by atomic mass is 79.9. The number of rotatable bonds is 7. The van der Waals surface area contributed by atoms with Gasteiger partial charge in [-0.3, -0.25) is 9.69 Å². The lowest BCUT2D eigenvalue weighted by Crippen LogP contribution is -2.48. The van der Waals surface area contributed by atoms with Crippen LogP contribution in [0.3, 0.4) is 0 Å². The van der Waals surface area contributed by atoms with Crippen molar-refractivity contribution in [2.24, 2.45) is 0 Å². The molecular weight excluding hydrogens is 454 g/mol. The Bertz CT molecular complexity index is 957. The van der Waals surface area contributed by atoms with Crippen LogP contribution in [0.5, 0.6) is 0 Å². The van der Waals surface area contributed by atoms with Gasteiger partial charge in [-0.15, -0.1) is 0 Å². The molecule has 1 heterocycles. The van der Waals surface area contributed by atoms with Crippen molar-refractivity contribution in [3.05, 3.63) is 64.1 Å². The van der Waals surface area contributed by atoms with E-state index < -0.39 is 10.0 Å². The number of hydrogen-bond donors (Lipinski definition) is 1. The third kappa shape index (κ3) is 6.12. The number of nitrogens with zero attached hydrogens (tertiary/aromatic N) is 2. The minimum absolute atomic E-state index is 0.0162. The first kappa shape index (κ1) is 22.0. The van der Waals surface area contributed by atoms with Gasteiger partial charge in [0.2, 0.25) is 15.9 Å². The largest absolute Gasteiger partial charge is 0.340 e. The predicted octanol–water partition coefficient (Wildman–Crippen LogP) is 2.77. The lowest BCUT2D eigenvalue weighted by Gasteiger charge is -2.35. The van der Waals surface area contributed by atoms with Crippen molar-refractivity contribution in [1.82, 2.24) is 14.5 Å². The van der Waals surface area contributed by atoms with Crippen LogP contribution in [-0.2, 0) is 21.4 Å².